The van der Waals surface area contributed by atoms with Gasteiger partial charge < -0.3 is 10.4 Å². The third-order valence-electron chi connectivity index (χ3n) is 3.14. The van der Waals surface area contributed by atoms with Crippen LogP contribution in [0.1, 0.15) is 51.3 Å². The molecule has 4 heteroatoms. The summed E-state index contributed by atoms with van der Waals surface area (Å²) in [5.41, 5.74) is 1.55. The Kier molecular flexibility index (Phi) is 5.08. The maximum atomic E-state index is 9.66. The largest absolute Gasteiger partial charge is 0.390 e. The molecular weight excluding hydrogens is 226 g/mol. The van der Waals surface area contributed by atoms with E-state index in [9.17, 15) is 5.11 Å². The van der Waals surface area contributed by atoms with E-state index in [1.165, 1.54) is 0 Å². The van der Waals surface area contributed by atoms with Crippen molar-refractivity contribution in [3.63, 3.8) is 0 Å². The number of hydrogen-bond acceptors (Lipinski definition) is 4. The van der Waals surface area contributed by atoms with E-state index in [-0.39, 0.29) is 0 Å². The minimum atomic E-state index is -0.568. The van der Waals surface area contributed by atoms with Gasteiger partial charge in [-0.2, -0.15) is 0 Å². The molecule has 0 aliphatic rings. The quantitative estimate of drug-likeness (QED) is 0.816. The Morgan fingerprint density at radius 3 is 2.61 bits per heavy atom. The standard InChI is InChI=1S/C14H25N3O/c1-10(7-6-8-14(4,5)18)17-13-11(2)12(3)15-9-16-13/h9-10,18H,6-8H2,1-5H3,(H,15,16,17)/t10-/m0/s1. The lowest BCUT2D eigenvalue weighted by Gasteiger charge is -2.20. The maximum Gasteiger partial charge on any atom is 0.132 e. The molecule has 1 aromatic heterocycles. The van der Waals surface area contributed by atoms with Gasteiger partial charge in [0.05, 0.1) is 5.60 Å². The summed E-state index contributed by atoms with van der Waals surface area (Å²) < 4.78 is 0. The van der Waals surface area contributed by atoms with Crippen molar-refractivity contribution in [3.05, 3.63) is 17.6 Å². The molecule has 0 aliphatic heterocycles. The lowest BCUT2D eigenvalue weighted by Crippen LogP contribution is -2.21. The Balaban J connectivity index is 2.45. The minimum Gasteiger partial charge on any atom is -0.390 e. The van der Waals surface area contributed by atoms with Gasteiger partial charge in [-0.25, -0.2) is 9.97 Å². The Morgan fingerprint density at radius 1 is 1.33 bits per heavy atom. The van der Waals surface area contributed by atoms with Gasteiger partial charge in [0.1, 0.15) is 12.1 Å². The van der Waals surface area contributed by atoms with Gasteiger partial charge in [-0.15, -0.1) is 0 Å². The van der Waals surface area contributed by atoms with Crippen molar-refractivity contribution in [2.45, 2.75) is 65.5 Å². The molecule has 0 radical (unpaired) electrons. The van der Waals surface area contributed by atoms with Gasteiger partial charge in [-0.1, -0.05) is 0 Å². The van der Waals surface area contributed by atoms with Crippen molar-refractivity contribution in [3.8, 4) is 0 Å². The van der Waals surface area contributed by atoms with Crippen LogP contribution in [-0.2, 0) is 0 Å². The second-order valence-corrected chi connectivity index (χ2v) is 5.68. The van der Waals surface area contributed by atoms with E-state index in [1.54, 1.807) is 6.33 Å². The molecule has 0 amide bonds. The Hall–Kier alpha value is -1.16. The van der Waals surface area contributed by atoms with Gasteiger partial charge in [0.15, 0.2) is 0 Å². The molecule has 2 N–H and O–H groups in total. The number of hydrogen-bond donors (Lipinski definition) is 2. The van der Waals surface area contributed by atoms with Gasteiger partial charge in [0.25, 0.3) is 0 Å². The highest BCUT2D eigenvalue weighted by molar-refractivity contribution is 5.45. The zero-order valence-corrected chi connectivity index (χ0v) is 12.1. The van der Waals surface area contributed by atoms with Crippen LogP contribution in [0.25, 0.3) is 0 Å². The van der Waals surface area contributed by atoms with Crippen molar-refractivity contribution in [1.29, 1.82) is 0 Å². The van der Waals surface area contributed by atoms with Crippen molar-refractivity contribution in [2.75, 3.05) is 5.32 Å². The van der Waals surface area contributed by atoms with E-state index < -0.39 is 5.60 Å². The highest BCUT2D eigenvalue weighted by Gasteiger charge is 2.13. The lowest BCUT2D eigenvalue weighted by molar-refractivity contribution is 0.0680. The number of rotatable bonds is 6. The van der Waals surface area contributed by atoms with Crippen molar-refractivity contribution < 1.29 is 5.11 Å². The van der Waals surface area contributed by atoms with Crippen LogP contribution in [0.15, 0.2) is 6.33 Å². The van der Waals surface area contributed by atoms with Crippen LogP contribution in [0.3, 0.4) is 0 Å². The van der Waals surface area contributed by atoms with Crippen LogP contribution in [-0.4, -0.2) is 26.7 Å². The first-order valence-corrected chi connectivity index (χ1v) is 6.57. The number of nitrogens with one attached hydrogen (secondary N) is 1. The first-order chi connectivity index (χ1) is 8.29. The van der Waals surface area contributed by atoms with Crippen LogP contribution in [0.5, 0.6) is 0 Å². The zero-order valence-electron chi connectivity index (χ0n) is 12.1. The summed E-state index contributed by atoms with van der Waals surface area (Å²) in [5, 5.41) is 13.1. The highest BCUT2D eigenvalue weighted by Crippen LogP contribution is 2.17. The topological polar surface area (TPSA) is 58.0 Å². The number of nitrogens with zero attached hydrogens (tertiary/aromatic N) is 2. The SMILES string of the molecule is Cc1ncnc(N[C@@H](C)CCCC(C)(C)O)c1C. The van der Waals surface area contributed by atoms with E-state index in [4.69, 9.17) is 0 Å². The van der Waals surface area contributed by atoms with Crippen molar-refractivity contribution in [1.82, 2.24) is 9.97 Å². The van der Waals surface area contributed by atoms with Crippen molar-refractivity contribution >= 4 is 5.82 Å². The van der Waals surface area contributed by atoms with E-state index in [1.807, 2.05) is 27.7 Å². The lowest BCUT2D eigenvalue weighted by atomic mass is 10.00. The molecule has 0 fully saturated rings. The predicted molar refractivity (Wildman–Crippen MR) is 74.7 cm³/mol. The molecule has 0 bridgehead atoms. The molecule has 0 saturated carbocycles. The van der Waals surface area contributed by atoms with Gasteiger partial charge in [0, 0.05) is 17.3 Å². The second kappa shape index (κ2) is 6.14. The predicted octanol–water partition coefficient (Wildman–Crippen LogP) is 2.84. The molecule has 0 aliphatic carbocycles. The number of aryl methyl sites for hydroxylation is 1. The summed E-state index contributed by atoms with van der Waals surface area (Å²) in [5.74, 6) is 0.915. The smallest absolute Gasteiger partial charge is 0.132 e. The number of aromatic nitrogens is 2. The average Bonchev–Trinajstić information content (AvgIpc) is 2.23. The Morgan fingerprint density at radius 2 is 2.00 bits per heavy atom. The van der Waals surface area contributed by atoms with Crippen LogP contribution < -0.4 is 5.32 Å². The molecule has 1 aromatic rings. The first kappa shape index (κ1) is 14.9. The van der Waals surface area contributed by atoms with Crippen LogP contribution >= 0.6 is 0 Å². The summed E-state index contributed by atoms with van der Waals surface area (Å²) >= 11 is 0. The fraction of sp³-hybridized carbons (Fsp3) is 0.714. The first-order valence-electron chi connectivity index (χ1n) is 6.57. The fourth-order valence-corrected chi connectivity index (χ4v) is 1.83. The van der Waals surface area contributed by atoms with Crippen molar-refractivity contribution in [2.24, 2.45) is 0 Å². The fourth-order valence-electron chi connectivity index (χ4n) is 1.83. The molecule has 102 valence electrons. The molecular formula is C14H25N3O. The van der Waals surface area contributed by atoms with Gasteiger partial charge in [-0.05, 0) is 53.9 Å². The summed E-state index contributed by atoms with van der Waals surface area (Å²) in [6, 6.07) is 0.348. The van der Waals surface area contributed by atoms with E-state index >= 15 is 0 Å². The number of anilines is 1. The van der Waals surface area contributed by atoms with Crippen LogP contribution in [0, 0.1) is 13.8 Å². The third kappa shape index (κ3) is 5.00. The molecule has 18 heavy (non-hydrogen) atoms. The molecule has 0 unspecified atom stereocenters. The molecule has 1 rings (SSSR count). The molecule has 1 heterocycles. The van der Waals surface area contributed by atoms with E-state index in [2.05, 4.69) is 22.2 Å². The van der Waals surface area contributed by atoms with Gasteiger partial charge >= 0.3 is 0 Å². The summed E-state index contributed by atoms with van der Waals surface area (Å²) in [6.45, 7) is 9.86. The van der Waals surface area contributed by atoms with E-state index in [0.717, 1.165) is 36.3 Å². The monoisotopic (exact) mass is 251 g/mol. The molecule has 1 atom stereocenters. The maximum absolute atomic E-state index is 9.66. The summed E-state index contributed by atoms with van der Waals surface area (Å²) in [6.07, 6.45) is 4.43. The van der Waals surface area contributed by atoms with Gasteiger partial charge in [0.2, 0.25) is 0 Å². The van der Waals surface area contributed by atoms with Crippen LogP contribution in [0.4, 0.5) is 5.82 Å². The molecule has 0 aromatic carbocycles. The zero-order chi connectivity index (χ0) is 13.8. The Labute approximate surface area is 110 Å². The normalized spacial score (nSPS) is 13.4. The van der Waals surface area contributed by atoms with Gasteiger partial charge in [-0.3, -0.25) is 0 Å². The molecule has 0 spiro atoms. The number of aliphatic hydroxyl groups is 1. The Bertz CT molecular complexity index is 385. The van der Waals surface area contributed by atoms with Crippen LogP contribution in [0.2, 0.25) is 0 Å². The highest BCUT2D eigenvalue weighted by atomic mass is 16.3. The molecule has 4 nitrogen and oxygen atoms in total. The third-order valence-corrected chi connectivity index (χ3v) is 3.14. The summed E-state index contributed by atoms with van der Waals surface area (Å²) in [7, 11) is 0. The second-order valence-electron chi connectivity index (χ2n) is 5.68. The minimum absolute atomic E-state index is 0.348. The summed E-state index contributed by atoms with van der Waals surface area (Å²) in [4.78, 5) is 8.42. The average molecular weight is 251 g/mol. The van der Waals surface area contributed by atoms with E-state index in [0.29, 0.717) is 6.04 Å². The molecule has 0 saturated heterocycles.